The highest BCUT2D eigenvalue weighted by Gasteiger charge is 2.12. The van der Waals surface area contributed by atoms with E-state index in [1.807, 2.05) is 6.92 Å². The van der Waals surface area contributed by atoms with Crippen molar-refractivity contribution in [1.29, 1.82) is 0 Å². The SMILES string of the molecule is COc1c(Cl)cc(Cl)c2nc(C)cnc12. The fourth-order valence-corrected chi connectivity index (χ4v) is 1.93. The monoisotopic (exact) mass is 242 g/mol. The second-order valence-corrected chi connectivity index (χ2v) is 3.90. The second-order valence-electron chi connectivity index (χ2n) is 3.08. The van der Waals surface area contributed by atoms with Crippen LogP contribution in [0.1, 0.15) is 5.69 Å². The van der Waals surface area contributed by atoms with Gasteiger partial charge < -0.3 is 4.74 Å². The molecule has 0 bridgehead atoms. The number of nitrogens with zero attached hydrogens (tertiary/aromatic N) is 2. The topological polar surface area (TPSA) is 35.0 Å². The molecule has 1 aromatic heterocycles. The van der Waals surface area contributed by atoms with Gasteiger partial charge in [0.2, 0.25) is 0 Å². The summed E-state index contributed by atoms with van der Waals surface area (Å²) in [4.78, 5) is 8.51. The molecule has 1 aromatic carbocycles. The minimum absolute atomic E-state index is 0.438. The first-order valence-electron chi connectivity index (χ1n) is 4.29. The third-order valence-corrected chi connectivity index (χ3v) is 2.58. The molecule has 1 heterocycles. The van der Waals surface area contributed by atoms with Crippen LogP contribution in [0.4, 0.5) is 0 Å². The molecule has 0 saturated carbocycles. The molecule has 0 unspecified atom stereocenters. The average Bonchev–Trinajstić information content (AvgIpc) is 2.19. The van der Waals surface area contributed by atoms with E-state index in [9.17, 15) is 0 Å². The minimum atomic E-state index is 0.438. The number of hydrogen-bond acceptors (Lipinski definition) is 3. The van der Waals surface area contributed by atoms with Crippen LogP contribution in [0.5, 0.6) is 5.75 Å². The van der Waals surface area contributed by atoms with E-state index < -0.39 is 0 Å². The first-order chi connectivity index (χ1) is 7.13. The predicted octanol–water partition coefficient (Wildman–Crippen LogP) is 3.25. The van der Waals surface area contributed by atoms with Gasteiger partial charge in [-0.15, -0.1) is 0 Å². The minimum Gasteiger partial charge on any atom is -0.493 e. The average molecular weight is 243 g/mol. The third-order valence-electron chi connectivity index (χ3n) is 2.01. The smallest absolute Gasteiger partial charge is 0.165 e. The molecule has 0 saturated heterocycles. The molecule has 2 rings (SSSR count). The molecular weight excluding hydrogens is 235 g/mol. The van der Waals surface area contributed by atoms with Crippen molar-refractivity contribution in [2.45, 2.75) is 6.92 Å². The van der Waals surface area contributed by atoms with Gasteiger partial charge in [-0.05, 0) is 13.0 Å². The summed E-state index contributed by atoms with van der Waals surface area (Å²) in [6, 6.07) is 1.61. The zero-order chi connectivity index (χ0) is 11.0. The van der Waals surface area contributed by atoms with Crippen LogP contribution in [-0.4, -0.2) is 17.1 Å². The van der Waals surface area contributed by atoms with Gasteiger partial charge in [0.25, 0.3) is 0 Å². The van der Waals surface area contributed by atoms with Gasteiger partial charge in [0, 0.05) is 6.20 Å². The Morgan fingerprint density at radius 3 is 2.60 bits per heavy atom. The summed E-state index contributed by atoms with van der Waals surface area (Å²) in [6.45, 7) is 1.85. The van der Waals surface area contributed by atoms with Gasteiger partial charge in [-0.1, -0.05) is 23.2 Å². The molecule has 78 valence electrons. The Bertz CT molecular complexity index is 528. The summed E-state index contributed by atoms with van der Waals surface area (Å²) < 4.78 is 5.16. The second kappa shape index (κ2) is 3.83. The van der Waals surface area contributed by atoms with Gasteiger partial charge in [-0.25, -0.2) is 9.97 Å². The van der Waals surface area contributed by atoms with Gasteiger partial charge in [-0.2, -0.15) is 0 Å². The Hall–Kier alpha value is -1.06. The normalized spacial score (nSPS) is 10.7. The Kier molecular flexibility index (Phi) is 2.67. The van der Waals surface area contributed by atoms with Crippen LogP contribution in [0.3, 0.4) is 0 Å². The van der Waals surface area contributed by atoms with E-state index in [2.05, 4.69) is 9.97 Å². The van der Waals surface area contributed by atoms with Crippen LogP contribution in [0, 0.1) is 6.92 Å². The molecule has 0 N–H and O–H groups in total. The van der Waals surface area contributed by atoms with Crippen molar-refractivity contribution in [2.24, 2.45) is 0 Å². The number of ether oxygens (including phenoxy) is 1. The van der Waals surface area contributed by atoms with Gasteiger partial charge in [-0.3, -0.25) is 0 Å². The van der Waals surface area contributed by atoms with Crippen LogP contribution in [0.25, 0.3) is 11.0 Å². The molecule has 0 amide bonds. The lowest BCUT2D eigenvalue weighted by Crippen LogP contribution is -1.93. The molecule has 0 aliphatic heterocycles. The summed E-state index contributed by atoms with van der Waals surface area (Å²) in [5.74, 6) is 0.503. The lowest BCUT2D eigenvalue weighted by Gasteiger charge is -2.07. The van der Waals surface area contributed by atoms with Gasteiger partial charge in [0.15, 0.2) is 5.75 Å². The number of rotatable bonds is 1. The standard InChI is InChI=1S/C10H8Cl2N2O/c1-5-4-13-9-8(14-5)6(11)3-7(12)10(9)15-2/h3-4H,1-2H3. The van der Waals surface area contributed by atoms with Crippen LogP contribution in [-0.2, 0) is 0 Å². The number of aromatic nitrogens is 2. The summed E-state index contributed by atoms with van der Waals surface area (Å²) in [7, 11) is 1.54. The quantitative estimate of drug-likeness (QED) is 0.771. The zero-order valence-electron chi connectivity index (χ0n) is 8.21. The number of fused-ring (bicyclic) bond motifs is 1. The highest BCUT2D eigenvalue weighted by molar-refractivity contribution is 6.39. The van der Waals surface area contributed by atoms with Crippen molar-refractivity contribution < 1.29 is 4.74 Å². The van der Waals surface area contributed by atoms with Crippen LogP contribution < -0.4 is 4.74 Å². The number of methoxy groups -OCH3 is 1. The van der Waals surface area contributed by atoms with E-state index in [1.54, 1.807) is 12.3 Å². The van der Waals surface area contributed by atoms with Gasteiger partial charge >= 0.3 is 0 Å². The summed E-state index contributed by atoms with van der Waals surface area (Å²) in [6.07, 6.45) is 1.65. The van der Waals surface area contributed by atoms with Crippen molar-refractivity contribution in [2.75, 3.05) is 7.11 Å². The summed E-state index contributed by atoms with van der Waals surface area (Å²) >= 11 is 12.0. The number of hydrogen-bond donors (Lipinski definition) is 0. The molecular formula is C10H8Cl2N2O. The molecule has 0 spiro atoms. The van der Waals surface area contributed by atoms with Crippen LogP contribution >= 0.6 is 23.2 Å². The van der Waals surface area contributed by atoms with E-state index in [1.165, 1.54) is 7.11 Å². The van der Waals surface area contributed by atoms with E-state index in [-0.39, 0.29) is 0 Å². The fraction of sp³-hybridized carbons (Fsp3) is 0.200. The highest BCUT2D eigenvalue weighted by atomic mass is 35.5. The van der Waals surface area contributed by atoms with E-state index in [0.29, 0.717) is 26.8 Å². The maximum Gasteiger partial charge on any atom is 0.165 e. The summed E-state index contributed by atoms with van der Waals surface area (Å²) in [5.41, 5.74) is 1.99. The van der Waals surface area contributed by atoms with Crippen molar-refractivity contribution in [3.63, 3.8) is 0 Å². The van der Waals surface area contributed by atoms with E-state index >= 15 is 0 Å². The fourth-order valence-electron chi connectivity index (χ4n) is 1.36. The van der Waals surface area contributed by atoms with Crippen LogP contribution in [0.2, 0.25) is 10.0 Å². The Labute approximate surface area is 97.0 Å². The predicted molar refractivity (Wildman–Crippen MR) is 60.8 cm³/mol. The van der Waals surface area contributed by atoms with Crippen molar-refractivity contribution >= 4 is 34.2 Å². The Balaban J connectivity index is 2.90. The molecule has 0 fully saturated rings. The third kappa shape index (κ3) is 1.73. The molecule has 0 aliphatic carbocycles. The molecule has 5 heteroatoms. The van der Waals surface area contributed by atoms with Crippen LogP contribution in [0.15, 0.2) is 12.3 Å². The molecule has 15 heavy (non-hydrogen) atoms. The number of aryl methyl sites for hydroxylation is 1. The lowest BCUT2D eigenvalue weighted by molar-refractivity contribution is 0.419. The number of benzene rings is 1. The molecule has 0 atom stereocenters. The molecule has 0 aliphatic rings. The van der Waals surface area contributed by atoms with Gasteiger partial charge in [0.1, 0.15) is 11.0 Å². The molecule has 2 aromatic rings. The van der Waals surface area contributed by atoms with E-state index in [4.69, 9.17) is 27.9 Å². The zero-order valence-corrected chi connectivity index (χ0v) is 9.73. The summed E-state index contributed by atoms with van der Waals surface area (Å²) in [5, 5.41) is 0.917. The first-order valence-corrected chi connectivity index (χ1v) is 5.04. The lowest BCUT2D eigenvalue weighted by atomic mass is 10.2. The van der Waals surface area contributed by atoms with Crippen molar-refractivity contribution in [3.05, 3.63) is 28.0 Å². The van der Waals surface area contributed by atoms with Crippen molar-refractivity contribution in [3.8, 4) is 5.75 Å². The number of halogens is 2. The van der Waals surface area contributed by atoms with Crippen molar-refractivity contribution in [1.82, 2.24) is 9.97 Å². The van der Waals surface area contributed by atoms with Gasteiger partial charge in [0.05, 0.1) is 22.8 Å². The maximum atomic E-state index is 6.02. The van der Waals surface area contributed by atoms with E-state index in [0.717, 1.165) is 5.69 Å². The maximum absolute atomic E-state index is 6.02. The Morgan fingerprint density at radius 1 is 1.20 bits per heavy atom. The Morgan fingerprint density at radius 2 is 1.93 bits per heavy atom. The first kappa shape index (κ1) is 10.5. The largest absolute Gasteiger partial charge is 0.493 e. The highest BCUT2D eigenvalue weighted by Crippen LogP contribution is 2.35. The molecule has 0 radical (unpaired) electrons. The molecule has 3 nitrogen and oxygen atoms in total.